The Morgan fingerprint density at radius 1 is 0.857 bits per heavy atom. The molecule has 0 saturated carbocycles. The molecule has 2 nitrogen and oxygen atoms in total. The predicted molar refractivity (Wildman–Crippen MR) is 87.3 cm³/mol. The Morgan fingerprint density at radius 2 is 1.52 bits per heavy atom. The minimum atomic E-state index is 0.0501. The topological polar surface area (TPSA) is 20.3 Å². The molecule has 0 bridgehead atoms. The minimum Gasteiger partial charge on any atom is -0.308 e. The van der Waals surface area contributed by atoms with Crippen molar-refractivity contribution in [1.29, 1.82) is 0 Å². The van der Waals surface area contributed by atoms with E-state index in [0.717, 1.165) is 16.6 Å². The number of carbonyl (C=O) groups is 1. The number of benzene rings is 3. The van der Waals surface area contributed by atoms with Gasteiger partial charge in [-0.3, -0.25) is 4.79 Å². The first-order valence-corrected chi connectivity index (χ1v) is 7.05. The van der Waals surface area contributed by atoms with Gasteiger partial charge in [0, 0.05) is 12.6 Å². The smallest absolute Gasteiger partial charge is 0.224 e. The highest BCUT2D eigenvalue weighted by atomic mass is 16.2. The van der Waals surface area contributed by atoms with Crippen molar-refractivity contribution < 1.29 is 4.79 Å². The quantitative estimate of drug-likeness (QED) is 0.694. The summed E-state index contributed by atoms with van der Waals surface area (Å²) in [5.41, 5.74) is 2.06. The van der Waals surface area contributed by atoms with E-state index in [9.17, 15) is 4.79 Å². The van der Waals surface area contributed by atoms with Crippen molar-refractivity contribution in [2.24, 2.45) is 0 Å². The highest BCUT2D eigenvalue weighted by molar-refractivity contribution is 5.95. The molecule has 21 heavy (non-hydrogen) atoms. The average Bonchev–Trinajstić information content (AvgIpc) is 2.53. The van der Waals surface area contributed by atoms with Crippen LogP contribution in [0.2, 0.25) is 0 Å². The lowest BCUT2D eigenvalue weighted by atomic mass is 10.1. The summed E-state index contributed by atoms with van der Waals surface area (Å²) in [6, 6.07) is 24.4. The summed E-state index contributed by atoms with van der Waals surface area (Å²) in [4.78, 5) is 13.8. The maximum absolute atomic E-state index is 12.0. The van der Waals surface area contributed by atoms with Crippen LogP contribution < -0.4 is 4.90 Å². The van der Waals surface area contributed by atoms with Gasteiger partial charge in [-0.2, -0.15) is 0 Å². The summed E-state index contributed by atoms with van der Waals surface area (Å²) in [6.07, 6.45) is 0. The van der Waals surface area contributed by atoms with Crippen molar-refractivity contribution in [3.05, 3.63) is 78.4 Å². The minimum absolute atomic E-state index is 0.0501. The van der Waals surface area contributed by atoms with Crippen LogP contribution in [-0.4, -0.2) is 5.91 Å². The van der Waals surface area contributed by atoms with Crippen LogP contribution in [0.1, 0.15) is 12.5 Å². The number of hydrogen-bond donors (Lipinski definition) is 0. The van der Waals surface area contributed by atoms with Gasteiger partial charge in [0.1, 0.15) is 0 Å². The first-order chi connectivity index (χ1) is 10.2. The lowest BCUT2D eigenvalue weighted by molar-refractivity contribution is -0.116. The van der Waals surface area contributed by atoms with Crippen LogP contribution in [0.5, 0.6) is 0 Å². The van der Waals surface area contributed by atoms with Gasteiger partial charge >= 0.3 is 0 Å². The molecule has 3 aromatic rings. The van der Waals surface area contributed by atoms with Gasteiger partial charge < -0.3 is 4.90 Å². The van der Waals surface area contributed by atoms with Gasteiger partial charge in [0.2, 0.25) is 5.91 Å². The summed E-state index contributed by atoms with van der Waals surface area (Å²) in [5, 5.41) is 2.33. The molecule has 2 heteroatoms. The molecule has 0 unspecified atom stereocenters. The molecule has 0 aliphatic rings. The summed E-state index contributed by atoms with van der Waals surface area (Å²) in [6.45, 7) is 2.20. The number of rotatable bonds is 3. The summed E-state index contributed by atoms with van der Waals surface area (Å²) >= 11 is 0. The molecule has 0 heterocycles. The molecular formula is C19H17NO. The highest BCUT2D eigenvalue weighted by Crippen LogP contribution is 2.23. The van der Waals surface area contributed by atoms with Crippen molar-refractivity contribution >= 4 is 22.4 Å². The second-order valence-electron chi connectivity index (χ2n) is 5.12. The zero-order valence-corrected chi connectivity index (χ0v) is 12.0. The zero-order valence-electron chi connectivity index (χ0n) is 12.0. The monoisotopic (exact) mass is 275 g/mol. The summed E-state index contributed by atoms with van der Waals surface area (Å²) < 4.78 is 0. The Morgan fingerprint density at radius 3 is 2.24 bits per heavy atom. The molecule has 0 saturated heterocycles. The highest BCUT2D eigenvalue weighted by Gasteiger charge is 2.12. The lowest BCUT2D eigenvalue weighted by Crippen LogP contribution is -2.27. The molecule has 0 fully saturated rings. The third-order valence-corrected chi connectivity index (χ3v) is 3.61. The molecule has 0 atom stereocenters. The number of carbonyl (C=O) groups excluding carboxylic acids is 1. The van der Waals surface area contributed by atoms with Crippen LogP contribution in [0.25, 0.3) is 10.8 Å². The number of nitrogens with zero attached hydrogens (tertiary/aromatic N) is 1. The van der Waals surface area contributed by atoms with E-state index in [2.05, 4.69) is 24.3 Å². The molecular weight excluding hydrogens is 258 g/mol. The van der Waals surface area contributed by atoms with E-state index < -0.39 is 0 Å². The number of amides is 1. The van der Waals surface area contributed by atoms with E-state index in [1.807, 2.05) is 53.4 Å². The first kappa shape index (κ1) is 13.4. The fourth-order valence-corrected chi connectivity index (χ4v) is 2.50. The molecule has 0 radical (unpaired) electrons. The van der Waals surface area contributed by atoms with Gasteiger partial charge in [-0.05, 0) is 28.5 Å². The molecule has 0 aliphatic heterocycles. The van der Waals surface area contributed by atoms with Gasteiger partial charge in [-0.25, -0.2) is 0 Å². The van der Waals surface area contributed by atoms with Crippen molar-refractivity contribution in [3.8, 4) is 0 Å². The van der Waals surface area contributed by atoms with E-state index >= 15 is 0 Å². The summed E-state index contributed by atoms with van der Waals surface area (Å²) in [5.74, 6) is 0.0501. The SMILES string of the molecule is CC(=O)N(Cc1ccccc1)c1ccc2ccccc2c1. The molecule has 0 aliphatic carbocycles. The third-order valence-electron chi connectivity index (χ3n) is 3.61. The van der Waals surface area contributed by atoms with Gasteiger partial charge in [-0.1, -0.05) is 60.7 Å². The van der Waals surface area contributed by atoms with Gasteiger partial charge in [0.25, 0.3) is 0 Å². The predicted octanol–water partition coefficient (Wildman–Crippen LogP) is 4.39. The van der Waals surface area contributed by atoms with Gasteiger partial charge in [-0.15, -0.1) is 0 Å². The van der Waals surface area contributed by atoms with E-state index in [0.29, 0.717) is 6.54 Å². The van der Waals surface area contributed by atoms with Crippen molar-refractivity contribution in [2.45, 2.75) is 13.5 Å². The number of anilines is 1. The molecule has 0 N–H and O–H groups in total. The average molecular weight is 275 g/mol. The van der Waals surface area contributed by atoms with Crippen molar-refractivity contribution in [2.75, 3.05) is 4.90 Å². The normalized spacial score (nSPS) is 10.5. The molecule has 0 aromatic heterocycles. The second-order valence-corrected chi connectivity index (χ2v) is 5.12. The van der Waals surface area contributed by atoms with Crippen LogP contribution in [0, 0.1) is 0 Å². The Hall–Kier alpha value is -2.61. The Bertz CT molecular complexity index is 765. The van der Waals surface area contributed by atoms with Crippen LogP contribution >= 0.6 is 0 Å². The largest absolute Gasteiger partial charge is 0.308 e. The lowest BCUT2D eigenvalue weighted by Gasteiger charge is -2.22. The fourth-order valence-electron chi connectivity index (χ4n) is 2.50. The third kappa shape index (κ3) is 2.95. The van der Waals surface area contributed by atoms with Gasteiger partial charge in [0.05, 0.1) is 6.54 Å². The molecule has 0 spiro atoms. The maximum Gasteiger partial charge on any atom is 0.224 e. The maximum atomic E-state index is 12.0. The summed E-state index contributed by atoms with van der Waals surface area (Å²) in [7, 11) is 0. The molecule has 3 rings (SSSR count). The van der Waals surface area contributed by atoms with E-state index in [-0.39, 0.29) is 5.91 Å². The zero-order chi connectivity index (χ0) is 14.7. The van der Waals surface area contributed by atoms with Crippen LogP contribution in [0.4, 0.5) is 5.69 Å². The standard InChI is InChI=1S/C19H17NO/c1-15(21)20(14-16-7-3-2-4-8-16)19-12-11-17-9-5-6-10-18(17)13-19/h2-13H,14H2,1H3. The van der Waals surface area contributed by atoms with E-state index in [4.69, 9.17) is 0 Å². The van der Waals surface area contributed by atoms with Crippen LogP contribution in [0.15, 0.2) is 72.8 Å². The number of fused-ring (bicyclic) bond motifs is 1. The van der Waals surface area contributed by atoms with Crippen molar-refractivity contribution in [1.82, 2.24) is 0 Å². The molecule has 104 valence electrons. The van der Waals surface area contributed by atoms with E-state index in [1.54, 1.807) is 6.92 Å². The van der Waals surface area contributed by atoms with Gasteiger partial charge in [0.15, 0.2) is 0 Å². The fraction of sp³-hybridized carbons (Fsp3) is 0.105. The molecule has 1 amide bonds. The number of hydrogen-bond acceptors (Lipinski definition) is 1. The van der Waals surface area contributed by atoms with Crippen molar-refractivity contribution in [3.63, 3.8) is 0 Å². The Kier molecular flexibility index (Phi) is 3.69. The van der Waals surface area contributed by atoms with Crippen LogP contribution in [-0.2, 0) is 11.3 Å². The Labute approximate surface area is 124 Å². The molecule has 3 aromatic carbocycles. The van der Waals surface area contributed by atoms with Crippen LogP contribution in [0.3, 0.4) is 0 Å². The second kappa shape index (κ2) is 5.80. The first-order valence-electron chi connectivity index (χ1n) is 7.05. The van der Waals surface area contributed by atoms with E-state index in [1.165, 1.54) is 5.39 Å². The Balaban J connectivity index is 1.97.